The Bertz CT molecular complexity index is 37.0. The van der Waals surface area contributed by atoms with Crippen molar-refractivity contribution >= 4 is 51.4 Å². The average molecular weight is 191 g/mol. The van der Waals surface area contributed by atoms with Gasteiger partial charge in [0.1, 0.15) is 0 Å². The minimum atomic E-state index is 0. The summed E-state index contributed by atoms with van der Waals surface area (Å²) in [6, 6.07) is 0. The summed E-state index contributed by atoms with van der Waals surface area (Å²) < 4.78 is 0. The molecule has 2 nitrogen and oxygen atoms in total. The first-order valence-electron chi connectivity index (χ1n) is 0.447. The fraction of sp³-hybridized carbons (Fsp3) is 0. The maximum atomic E-state index is 6.88. The zero-order valence-corrected chi connectivity index (χ0v) is 4.54. The van der Waals surface area contributed by atoms with E-state index in [0.717, 1.165) is 6.26 Å². The quantitative estimate of drug-likeness (QED) is 0.401. The Morgan fingerprint density at radius 3 is 1.50 bits per heavy atom. The average Bonchev–Trinajstić information content (AvgIpc) is 0.918. The van der Waals surface area contributed by atoms with Gasteiger partial charge in [0, 0.05) is 34.4 Å². The number of nitrogens with zero attached hydrogens (tertiary/aromatic N) is 1. The molecule has 0 aliphatic heterocycles. The molecule has 6 heavy (non-hydrogen) atoms. The van der Waals surface area contributed by atoms with Crippen LogP contribution < -0.4 is 0 Å². The number of aliphatic hydroxyl groups is 1. The predicted octanol–water partition coefficient (Wildman–Crippen LogP) is -0.814. The topological polar surface area (TPSA) is 44.0 Å². The van der Waals surface area contributed by atoms with Crippen LogP contribution in [-0.4, -0.2) is 56.5 Å². The molecule has 0 bridgehead atoms. The van der Waals surface area contributed by atoms with Gasteiger partial charge in [-0.05, 0) is 0 Å². The predicted molar refractivity (Wildman–Crippen MR) is 14.7 cm³/mol. The van der Waals surface area contributed by atoms with Crippen molar-refractivity contribution in [2.45, 2.75) is 0 Å². The standard InChI is InChI=1S/CHNO.Cr.Fe.K.H/c2-1-3;;;;/h3H;;;;. The number of nitriles is 1. The van der Waals surface area contributed by atoms with E-state index < -0.39 is 0 Å². The van der Waals surface area contributed by atoms with Crippen molar-refractivity contribution in [3.63, 3.8) is 0 Å². The van der Waals surface area contributed by atoms with E-state index in [1.807, 2.05) is 0 Å². The van der Waals surface area contributed by atoms with Crippen LogP contribution in [-0.2, 0) is 34.4 Å². The van der Waals surface area contributed by atoms with Crippen LogP contribution in [0.4, 0.5) is 0 Å². The first-order chi connectivity index (χ1) is 1.41. The second kappa shape index (κ2) is 28.1. The molecular weight excluding hydrogens is 189 g/mol. The van der Waals surface area contributed by atoms with Crippen molar-refractivity contribution < 1.29 is 39.5 Å². The van der Waals surface area contributed by atoms with Crippen molar-refractivity contribution in [3.05, 3.63) is 0 Å². The van der Waals surface area contributed by atoms with Gasteiger partial charge in [-0.25, -0.2) is 0 Å². The Morgan fingerprint density at radius 1 is 1.50 bits per heavy atom. The first kappa shape index (κ1) is 24.5. The van der Waals surface area contributed by atoms with Crippen LogP contribution in [0.3, 0.4) is 0 Å². The molecule has 0 aromatic carbocycles. The summed E-state index contributed by atoms with van der Waals surface area (Å²) in [4.78, 5) is 0. The molecule has 0 rings (SSSR count). The van der Waals surface area contributed by atoms with E-state index >= 15 is 0 Å². The van der Waals surface area contributed by atoms with E-state index in [2.05, 4.69) is 0 Å². The van der Waals surface area contributed by atoms with Gasteiger partial charge in [-0.2, -0.15) is 5.26 Å². The molecule has 32 valence electrons. The Labute approximate surface area is 100 Å². The van der Waals surface area contributed by atoms with E-state index in [1.54, 1.807) is 0 Å². The van der Waals surface area contributed by atoms with Crippen LogP contribution in [0.15, 0.2) is 0 Å². The Hall–Kier alpha value is 1.98. The third kappa shape index (κ3) is 37.9. The van der Waals surface area contributed by atoms with Crippen LogP contribution in [0.1, 0.15) is 0 Å². The van der Waals surface area contributed by atoms with E-state index in [1.165, 1.54) is 0 Å². The van der Waals surface area contributed by atoms with Gasteiger partial charge in [-0.1, -0.05) is 0 Å². The molecule has 0 unspecified atom stereocenters. The number of hydrogen-bond donors (Lipinski definition) is 1. The van der Waals surface area contributed by atoms with Crippen LogP contribution in [0.2, 0.25) is 0 Å². The molecule has 1 N–H and O–H groups in total. The number of rotatable bonds is 0. The van der Waals surface area contributed by atoms with Gasteiger partial charge in [0.05, 0.1) is 0 Å². The summed E-state index contributed by atoms with van der Waals surface area (Å²) in [5.41, 5.74) is 0. The molecule has 0 aliphatic carbocycles. The van der Waals surface area contributed by atoms with Crippen LogP contribution in [0.5, 0.6) is 0 Å². The third-order valence-corrected chi connectivity index (χ3v) is 0. The van der Waals surface area contributed by atoms with Crippen LogP contribution in [0.25, 0.3) is 0 Å². The van der Waals surface area contributed by atoms with Gasteiger partial charge < -0.3 is 5.11 Å². The summed E-state index contributed by atoms with van der Waals surface area (Å²) >= 11 is 0. The molecule has 0 aliphatic rings. The van der Waals surface area contributed by atoms with E-state index in [9.17, 15) is 0 Å². The molecular formula is CH2CrFeKNO. The molecule has 0 fully saturated rings. The molecule has 0 spiro atoms. The van der Waals surface area contributed by atoms with Crippen LogP contribution in [0, 0.1) is 11.5 Å². The van der Waals surface area contributed by atoms with Crippen LogP contribution >= 0.6 is 0 Å². The first-order valence-corrected chi connectivity index (χ1v) is 0.447. The molecule has 0 aromatic heterocycles. The van der Waals surface area contributed by atoms with Crippen molar-refractivity contribution in [2.24, 2.45) is 0 Å². The van der Waals surface area contributed by atoms with Gasteiger partial charge in [-0.15, -0.1) is 0 Å². The van der Waals surface area contributed by atoms with E-state index in [-0.39, 0.29) is 85.8 Å². The van der Waals surface area contributed by atoms with Gasteiger partial charge in [0.2, 0.25) is 0 Å². The molecule has 5 heteroatoms. The SMILES string of the molecule is N#CO.[Cr].[Fe].[KH]. The summed E-state index contributed by atoms with van der Waals surface area (Å²) in [5, 5.41) is 13.8. The number of aliphatic hydroxyl groups excluding tert-OH is 1. The normalized spacial score (nSPS) is 1.17. The summed E-state index contributed by atoms with van der Waals surface area (Å²) in [6.07, 6.45) is 0.750. The van der Waals surface area contributed by atoms with Crippen molar-refractivity contribution in [1.82, 2.24) is 0 Å². The molecule has 0 atom stereocenters. The fourth-order valence-corrected chi connectivity index (χ4v) is 0. The Balaban J connectivity index is -0.00000000667. The zero-order valence-electron chi connectivity index (χ0n) is 2.16. The van der Waals surface area contributed by atoms with Gasteiger partial charge in [0.25, 0.3) is 6.26 Å². The molecule has 0 aromatic rings. The summed E-state index contributed by atoms with van der Waals surface area (Å²) in [5.74, 6) is 0. The Morgan fingerprint density at radius 2 is 1.50 bits per heavy atom. The van der Waals surface area contributed by atoms with Crippen molar-refractivity contribution in [2.75, 3.05) is 0 Å². The number of hydrogen-bond acceptors (Lipinski definition) is 2. The molecule has 0 saturated heterocycles. The minimum absolute atomic E-state index is 0. The maximum absolute atomic E-state index is 6.88. The van der Waals surface area contributed by atoms with E-state index in [4.69, 9.17) is 10.4 Å². The fourth-order valence-electron chi connectivity index (χ4n) is 0. The van der Waals surface area contributed by atoms with E-state index in [0.29, 0.717) is 0 Å². The monoisotopic (exact) mass is 191 g/mol. The zero-order chi connectivity index (χ0) is 2.71. The van der Waals surface area contributed by atoms with Gasteiger partial charge >= 0.3 is 51.4 Å². The molecule has 0 saturated carbocycles. The Kier molecular flexibility index (Phi) is 115. The van der Waals surface area contributed by atoms with Crippen molar-refractivity contribution in [3.8, 4) is 6.26 Å². The molecule has 0 amide bonds. The van der Waals surface area contributed by atoms with Gasteiger partial charge in [-0.3, -0.25) is 0 Å². The molecule has 0 radical (unpaired) electrons. The van der Waals surface area contributed by atoms with Crippen molar-refractivity contribution in [1.29, 1.82) is 5.26 Å². The second-order valence-electron chi connectivity index (χ2n) is 0.100. The summed E-state index contributed by atoms with van der Waals surface area (Å²) in [7, 11) is 0. The second-order valence-corrected chi connectivity index (χ2v) is 0.100. The van der Waals surface area contributed by atoms with Gasteiger partial charge in [0.15, 0.2) is 0 Å². The molecule has 0 heterocycles. The summed E-state index contributed by atoms with van der Waals surface area (Å²) in [6.45, 7) is 0. The third-order valence-electron chi connectivity index (χ3n) is 0.